The summed E-state index contributed by atoms with van der Waals surface area (Å²) in [4.78, 5) is 24.7. The molecule has 0 aromatic carbocycles. The summed E-state index contributed by atoms with van der Waals surface area (Å²) in [5.41, 5.74) is -0.0391. The van der Waals surface area contributed by atoms with Crippen LogP contribution >= 0.6 is 0 Å². The molecule has 0 amide bonds. The molecule has 4 nitrogen and oxygen atoms in total. The minimum Gasteiger partial charge on any atom is -0.481 e. The van der Waals surface area contributed by atoms with Crippen LogP contribution in [-0.4, -0.2) is 28.1 Å². The molecule has 4 rings (SSSR count). The van der Waals surface area contributed by atoms with Crippen molar-refractivity contribution >= 4 is 11.8 Å². The Labute approximate surface area is 169 Å². The van der Waals surface area contributed by atoms with E-state index in [9.17, 15) is 14.7 Å². The third-order valence-corrected chi connectivity index (χ3v) is 10.1. The van der Waals surface area contributed by atoms with Crippen molar-refractivity contribution in [1.29, 1.82) is 0 Å². The van der Waals surface area contributed by atoms with Gasteiger partial charge < -0.3 is 10.2 Å². The highest BCUT2D eigenvalue weighted by Gasteiger charge is 2.63. The number of aliphatic hydroxyl groups is 1. The number of aliphatic hydroxyl groups excluding tert-OH is 1. The van der Waals surface area contributed by atoms with Crippen molar-refractivity contribution in [3.05, 3.63) is 0 Å². The first-order valence-electron chi connectivity index (χ1n) is 11.6. The van der Waals surface area contributed by atoms with E-state index in [-0.39, 0.29) is 23.4 Å². The van der Waals surface area contributed by atoms with Gasteiger partial charge in [0.05, 0.1) is 6.10 Å². The second-order valence-electron chi connectivity index (χ2n) is 11.1. The first-order valence-corrected chi connectivity index (χ1v) is 11.6. The van der Waals surface area contributed by atoms with Crippen LogP contribution in [0.1, 0.15) is 85.0 Å². The van der Waals surface area contributed by atoms with Crippen LogP contribution in [0.15, 0.2) is 0 Å². The van der Waals surface area contributed by atoms with Gasteiger partial charge in [-0.05, 0) is 92.3 Å². The Morgan fingerprint density at radius 1 is 1.14 bits per heavy atom. The number of carbonyl (C=O) groups is 2. The van der Waals surface area contributed by atoms with Crippen LogP contribution in [0.2, 0.25) is 0 Å². The number of carbonyl (C=O) groups excluding carboxylic acids is 1. The van der Waals surface area contributed by atoms with Gasteiger partial charge >= 0.3 is 5.97 Å². The number of hydrogen-bond acceptors (Lipinski definition) is 3. The minimum atomic E-state index is -0.729. The zero-order chi connectivity index (χ0) is 20.3. The van der Waals surface area contributed by atoms with Crippen LogP contribution in [0.5, 0.6) is 0 Å². The highest BCUT2D eigenvalue weighted by Crippen LogP contribution is 2.67. The second-order valence-corrected chi connectivity index (χ2v) is 11.1. The predicted molar refractivity (Wildman–Crippen MR) is 108 cm³/mol. The van der Waals surface area contributed by atoms with E-state index in [0.29, 0.717) is 54.1 Å². The third-order valence-electron chi connectivity index (χ3n) is 10.1. The van der Waals surface area contributed by atoms with E-state index in [1.807, 2.05) is 0 Å². The van der Waals surface area contributed by atoms with E-state index in [1.54, 1.807) is 0 Å². The summed E-state index contributed by atoms with van der Waals surface area (Å²) >= 11 is 0. The molecule has 0 bridgehead atoms. The first-order chi connectivity index (χ1) is 13.2. The first kappa shape index (κ1) is 20.4. The largest absolute Gasteiger partial charge is 0.481 e. The third kappa shape index (κ3) is 2.97. The van der Waals surface area contributed by atoms with E-state index in [4.69, 9.17) is 5.11 Å². The van der Waals surface area contributed by atoms with Crippen molar-refractivity contribution < 1.29 is 19.8 Å². The van der Waals surface area contributed by atoms with Crippen molar-refractivity contribution in [2.24, 2.45) is 46.3 Å². The molecule has 4 saturated carbocycles. The quantitative estimate of drug-likeness (QED) is 0.730. The molecule has 0 unspecified atom stereocenters. The van der Waals surface area contributed by atoms with Gasteiger partial charge in [0.25, 0.3) is 0 Å². The monoisotopic (exact) mass is 390 g/mol. The summed E-state index contributed by atoms with van der Waals surface area (Å²) in [5.74, 6) is 2.52. The zero-order valence-corrected chi connectivity index (χ0v) is 17.8. The number of rotatable bonds is 4. The van der Waals surface area contributed by atoms with E-state index in [0.717, 1.165) is 32.1 Å². The number of carboxylic acid groups (broad SMARTS) is 1. The van der Waals surface area contributed by atoms with Gasteiger partial charge in [0.15, 0.2) is 0 Å². The van der Waals surface area contributed by atoms with Gasteiger partial charge in [-0.1, -0.05) is 20.8 Å². The van der Waals surface area contributed by atoms with Gasteiger partial charge in [-0.25, -0.2) is 0 Å². The van der Waals surface area contributed by atoms with E-state index in [1.165, 1.54) is 12.8 Å². The van der Waals surface area contributed by atoms with E-state index >= 15 is 0 Å². The summed E-state index contributed by atoms with van der Waals surface area (Å²) in [5, 5.41) is 19.3. The summed E-state index contributed by atoms with van der Waals surface area (Å²) in [7, 11) is 0. The zero-order valence-electron chi connectivity index (χ0n) is 17.8. The Bertz CT molecular complexity index is 645. The van der Waals surface area contributed by atoms with E-state index in [2.05, 4.69) is 20.8 Å². The lowest BCUT2D eigenvalue weighted by Crippen LogP contribution is -2.57. The number of ketones is 1. The van der Waals surface area contributed by atoms with Crippen LogP contribution in [0.25, 0.3) is 0 Å². The highest BCUT2D eigenvalue weighted by molar-refractivity contribution is 5.87. The minimum absolute atomic E-state index is 0.148. The van der Waals surface area contributed by atoms with E-state index < -0.39 is 5.97 Å². The smallest absolute Gasteiger partial charge is 0.303 e. The predicted octanol–water partition coefficient (Wildman–Crippen LogP) is 4.69. The van der Waals surface area contributed by atoms with Gasteiger partial charge in [0.1, 0.15) is 5.78 Å². The van der Waals surface area contributed by atoms with Gasteiger partial charge in [-0.3, -0.25) is 9.59 Å². The maximum Gasteiger partial charge on any atom is 0.303 e. The average molecular weight is 391 g/mol. The second kappa shape index (κ2) is 7.11. The normalized spacial score (nSPS) is 49.1. The molecular formula is C24H38O4. The lowest BCUT2D eigenvalue weighted by Gasteiger charge is -2.60. The molecule has 9 atom stereocenters. The lowest BCUT2D eigenvalue weighted by atomic mass is 9.44. The number of fused-ring (bicyclic) bond motifs is 5. The van der Waals surface area contributed by atoms with Gasteiger partial charge in [-0.2, -0.15) is 0 Å². The molecule has 0 radical (unpaired) electrons. The Morgan fingerprint density at radius 2 is 1.89 bits per heavy atom. The van der Waals surface area contributed by atoms with Crippen molar-refractivity contribution in [2.45, 2.75) is 91.1 Å². The van der Waals surface area contributed by atoms with Crippen LogP contribution in [0.3, 0.4) is 0 Å². The number of Topliss-reactive ketones (excluding diaryl/α,β-unsaturated/α-hetero) is 1. The SMILES string of the molecule is C[C@H](CCC(=O)O)[C@H]1CC[C@H]2[C@H]3CC[C@H]4C[C@@H](O)CC[C@]4(C)[C@@H]3CC(=O)[C@]12C. The van der Waals surface area contributed by atoms with Crippen molar-refractivity contribution in [1.82, 2.24) is 0 Å². The molecule has 0 aromatic heterocycles. The molecule has 0 aliphatic heterocycles. The molecule has 0 aromatic rings. The molecule has 0 heterocycles. The fourth-order valence-electron chi connectivity index (χ4n) is 8.44. The maximum atomic E-state index is 13.6. The number of aliphatic carboxylic acids is 1. The van der Waals surface area contributed by atoms with Crippen molar-refractivity contribution in [3.63, 3.8) is 0 Å². The van der Waals surface area contributed by atoms with Gasteiger partial charge in [0.2, 0.25) is 0 Å². The van der Waals surface area contributed by atoms with Crippen LogP contribution in [-0.2, 0) is 9.59 Å². The molecule has 0 spiro atoms. The average Bonchev–Trinajstić information content (AvgIpc) is 3.00. The Kier molecular flexibility index (Phi) is 5.17. The molecular weight excluding hydrogens is 352 g/mol. The summed E-state index contributed by atoms with van der Waals surface area (Å²) in [6.07, 6.45) is 8.96. The van der Waals surface area contributed by atoms with Crippen LogP contribution in [0.4, 0.5) is 0 Å². The highest BCUT2D eigenvalue weighted by atomic mass is 16.4. The Hall–Kier alpha value is -0.900. The maximum absolute atomic E-state index is 13.6. The van der Waals surface area contributed by atoms with Crippen LogP contribution < -0.4 is 0 Å². The van der Waals surface area contributed by atoms with Crippen molar-refractivity contribution in [2.75, 3.05) is 0 Å². The fraction of sp³-hybridized carbons (Fsp3) is 0.917. The Morgan fingerprint density at radius 3 is 2.61 bits per heavy atom. The summed E-state index contributed by atoms with van der Waals surface area (Å²) in [6, 6.07) is 0. The standard InChI is InChI=1S/C24H38O4/c1-14(4-9-22(27)28)18-7-8-19-17-6-5-15-12-16(25)10-11-23(15,2)20(17)13-21(26)24(18,19)3/h14-20,25H,4-13H2,1-3H3,(H,27,28)/t14-,15+,16+,17-,18-,19+,20-,23+,24-/m1/s1. The summed E-state index contributed by atoms with van der Waals surface area (Å²) < 4.78 is 0. The lowest BCUT2D eigenvalue weighted by molar-refractivity contribution is -0.160. The molecule has 4 aliphatic carbocycles. The fourth-order valence-corrected chi connectivity index (χ4v) is 8.44. The molecule has 28 heavy (non-hydrogen) atoms. The number of carboxylic acids is 1. The molecule has 4 heteroatoms. The topological polar surface area (TPSA) is 74.6 Å². The molecule has 0 saturated heterocycles. The molecule has 4 aliphatic rings. The van der Waals surface area contributed by atoms with Crippen LogP contribution in [0, 0.1) is 46.3 Å². The van der Waals surface area contributed by atoms with Gasteiger partial charge in [0, 0.05) is 18.3 Å². The van der Waals surface area contributed by atoms with Crippen molar-refractivity contribution in [3.8, 4) is 0 Å². The summed E-state index contributed by atoms with van der Waals surface area (Å²) in [6.45, 7) is 6.81. The number of hydrogen-bond donors (Lipinski definition) is 2. The molecule has 158 valence electrons. The Balaban J connectivity index is 1.57. The van der Waals surface area contributed by atoms with Gasteiger partial charge in [-0.15, -0.1) is 0 Å². The molecule has 2 N–H and O–H groups in total. The molecule has 4 fully saturated rings.